The van der Waals surface area contributed by atoms with Crippen molar-refractivity contribution in [2.75, 3.05) is 12.8 Å². The average Bonchev–Trinajstić information content (AvgIpc) is 3.16. The highest BCUT2D eigenvalue weighted by atomic mass is 32.1. The van der Waals surface area contributed by atoms with Crippen molar-refractivity contribution in [3.8, 4) is 0 Å². The number of hydrogen-bond donors (Lipinski definition) is 1. The second kappa shape index (κ2) is 7.79. The fourth-order valence-corrected chi connectivity index (χ4v) is 3.47. The largest absolute Gasteiger partial charge is 0.383 e. The normalized spacial score (nSPS) is 12.2. The molecule has 0 saturated heterocycles. The smallest absolute Gasteiger partial charge is 0.206 e. The van der Waals surface area contributed by atoms with Crippen LogP contribution >= 0.6 is 11.3 Å². The lowest BCUT2D eigenvalue weighted by molar-refractivity contribution is 0.0960. The highest BCUT2D eigenvalue weighted by Gasteiger charge is 2.25. The van der Waals surface area contributed by atoms with E-state index in [2.05, 4.69) is 15.2 Å². The Morgan fingerprint density at radius 3 is 2.54 bits per heavy atom. The molecule has 7 heteroatoms. The molecule has 3 rings (SSSR count). The number of carbonyl (C=O) groups is 2. The number of azo groups is 1. The van der Waals surface area contributed by atoms with E-state index in [1.54, 1.807) is 48.5 Å². The van der Waals surface area contributed by atoms with Gasteiger partial charge in [0, 0.05) is 23.7 Å². The van der Waals surface area contributed by atoms with E-state index in [1.165, 1.54) is 24.6 Å². The second-order valence-electron chi connectivity index (χ2n) is 5.42. The van der Waals surface area contributed by atoms with Crippen LogP contribution in [0.25, 0.3) is 0 Å². The lowest BCUT2D eigenvalue weighted by Gasteiger charge is -2.08. The molecule has 1 aromatic carbocycles. The number of carbonyl (C=O) groups excluding carboxylic acids is 2. The molecule has 6 nitrogen and oxygen atoms in total. The van der Waals surface area contributed by atoms with E-state index in [-0.39, 0.29) is 17.4 Å². The molecule has 0 aliphatic heterocycles. The Balaban J connectivity index is 1.92. The number of thiophene rings is 1. The molecule has 0 bridgehead atoms. The Kier molecular flexibility index (Phi) is 5.28. The lowest BCUT2D eigenvalue weighted by Crippen LogP contribution is -2.09. The molecule has 3 aromatic rings. The zero-order valence-corrected chi connectivity index (χ0v) is 14.8. The van der Waals surface area contributed by atoms with Crippen LogP contribution in [0.4, 0.5) is 5.82 Å². The van der Waals surface area contributed by atoms with Crippen molar-refractivity contribution in [2.45, 2.75) is 6.04 Å². The van der Waals surface area contributed by atoms with Gasteiger partial charge in [-0.2, -0.15) is 10.2 Å². The minimum Gasteiger partial charge on any atom is -0.383 e. The predicted octanol–water partition coefficient (Wildman–Crippen LogP) is 3.96. The maximum absolute atomic E-state index is 12.8. The molecule has 2 heterocycles. The van der Waals surface area contributed by atoms with Gasteiger partial charge in [-0.25, -0.2) is 4.98 Å². The molecule has 0 saturated carbocycles. The summed E-state index contributed by atoms with van der Waals surface area (Å²) >= 11 is 1.21. The van der Waals surface area contributed by atoms with Crippen LogP contribution in [-0.4, -0.2) is 23.6 Å². The van der Waals surface area contributed by atoms with Gasteiger partial charge >= 0.3 is 0 Å². The van der Waals surface area contributed by atoms with Gasteiger partial charge in [-0.05, 0) is 24.3 Å². The molecule has 0 aliphatic rings. The zero-order chi connectivity index (χ0) is 18.5. The SMILES string of the molecule is CN=NC(C(=O)c1ccccc1)c1ccc(C(=O)c2cccnc2N)s1. The van der Waals surface area contributed by atoms with Crippen molar-refractivity contribution >= 4 is 28.7 Å². The van der Waals surface area contributed by atoms with E-state index < -0.39 is 6.04 Å². The highest BCUT2D eigenvalue weighted by Crippen LogP contribution is 2.31. The topological polar surface area (TPSA) is 97.8 Å². The van der Waals surface area contributed by atoms with Crippen LogP contribution in [0, 0.1) is 0 Å². The zero-order valence-electron chi connectivity index (χ0n) is 14.0. The summed E-state index contributed by atoms with van der Waals surface area (Å²) in [6.45, 7) is 0. The highest BCUT2D eigenvalue weighted by molar-refractivity contribution is 7.14. The number of pyridine rings is 1. The summed E-state index contributed by atoms with van der Waals surface area (Å²) in [7, 11) is 1.52. The molecule has 2 N–H and O–H groups in total. The number of aromatic nitrogens is 1. The van der Waals surface area contributed by atoms with Crippen molar-refractivity contribution in [1.29, 1.82) is 0 Å². The Bertz CT molecular complexity index is 966. The molecule has 1 unspecified atom stereocenters. The van der Waals surface area contributed by atoms with Crippen molar-refractivity contribution < 1.29 is 9.59 Å². The molecule has 1 atom stereocenters. The quantitative estimate of drug-likeness (QED) is 0.529. The molecule has 0 radical (unpaired) electrons. The number of rotatable bonds is 6. The third-order valence-corrected chi connectivity index (χ3v) is 4.88. The number of anilines is 1. The summed E-state index contributed by atoms with van der Waals surface area (Å²) in [6, 6.07) is 14.8. The molecule has 0 fully saturated rings. The van der Waals surface area contributed by atoms with E-state index in [1.807, 2.05) is 6.07 Å². The predicted molar refractivity (Wildman–Crippen MR) is 101 cm³/mol. The van der Waals surface area contributed by atoms with Crippen LogP contribution < -0.4 is 5.73 Å². The van der Waals surface area contributed by atoms with Crippen LogP contribution in [0.15, 0.2) is 71.0 Å². The molecule has 0 aliphatic carbocycles. The summed E-state index contributed by atoms with van der Waals surface area (Å²) < 4.78 is 0. The average molecular weight is 364 g/mol. The molecule has 2 aromatic heterocycles. The first kappa shape index (κ1) is 17.6. The molecule has 0 spiro atoms. The minimum atomic E-state index is -0.778. The Morgan fingerprint density at radius 2 is 1.85 bits per heavy atom. The number of ketones is 2. The maximum Gasteiger partial charge on any atom is 0.206 e. The van der Waals surface area contributed by atoms with E-state index in [9.17, 15) is 9.59 Å². The molecule has 26 heavy (non-hydrogen) atoms. The third-order valence-electron chi connectivity index (χ3n) is 3.74. The summed E-state index contributed by atoms with van der Waals surface area (Å²) in [5, 5.41) is 7.85. The molecular weight excluding hydrogens is 348 g/mol. The lowest BCUT2D eigenvalue weighted by atomic mass is 10.0. The standard InChI is InChI=1S/C19H16N4O2S/c1-21-23-16(17(24)12-6-3-2-4-7-12)14-9-10-15(26-14)18(25)13-8-5-11-22-19(13)20/h2-11,16H,1H3,(H2,20,22). The Hall–Kier alpha value is -3.19. The summed E-state index contributed by atoms with van der Waals surface area (Å²) in [5.41, 5.74) is 6.66. The number of hydrogen-bond acceptors (Lipinski definition) is 7. The van der Waals surface area contributed by atoms with E-state index >= 15 is 0 Å². The van der Waals surface area contributed by atoms with Crippen LogP contribution in [0.5, 0.6) is 0 Å². The number of nitrogens with zero attached hydrogens (tertiary/aromatic N) is 3. The molecule has 130 valence electrons. The second-order valence-corrected chi connectivity index (χ2v) is 6.53. The van der Waals surface area contributed by atoms with Crippen LogP contribution in [0.3, 0.4) is 0 Å². The van der Waals surface area contributed by atoms with Gasteiger partial charge in [0.2, 0.25) is 5.78 Å². The number of benzene rings is 1. The van der Waals surface area contributed by atoms with Gasteiger partial charge in [-0.15, -0.1) is 11.3 Å². The van der Waals surface area contributed by atoms with E-state index in [0.717, 1.165) is 0 Å². The summed E-state index contributed by atoms with van der Waals surface area (Å²) in [6.07, 6.45) is 1.53. The minimum absolute atomic E-state index is 0.169. The van der Waals surface area contributed by atoms with Gasteiger partial charge < -0.3 is 5.73 Å². The van der Waals surface area contributed by atoms with Gasteiger partial charge in [0.1, 0.15) is 5.82 Å². The van der Waals surface area contributed by atoms with Crippen molar-refractivity contribution in [3.05, 3.63) is 81.7 Å². The van der Waals surface area contributed by atoms with Crippen LogP contribution in [-0.2, 0) is 0 Å². The maximum atomic E-state index is 12.8. The van der Waals surface area contributed by atoms with Gasteiger partial charge in [0.25, 0.3) is 0 Å². The summed E-state index contributed by atoms with van der Waals surface area (Å²) in [4.78, 5) is 30.5. The first-order valence-electron chi connectivity index (χ1n) is 7.85. The Labute approximate surface area is 154 Å². The van der Waals surface area contributed by atoms with E-state index in [0.29, 0.717) is 20.9 Å². The van der Waals surface area contributed by atoms with Crippen LogP contribution in [0.2, 0.25) is 0 Å². The van der Waals surface area contributed by atoms with Gasteiger partial charge in [-0.3, -0.25) is 9.59 Å². The number of nitrogens with two attached hydrogens (primary N) is 1. The van der Waals surface area contributed by atoms with Crippen molar-refractivity contribution in [1.82, 2.24) is 4.98 Å². The Morgan fingerprint density at radius 1 is 1.08 bits per heavy atom. The van der Waals surface area contributed by atoms with Crippen LogP contribution in [0.1, 0.15) is 36.5 Å². The number of nitrogen functional groups attached to an aromatic ring is 1. The first-order chi connectivity index (χ1) is 12.6. The van der Waals surface area contributed by atoms with Gasteiger partial charge in [0.05, 0.1) is 10.4 Å². The fraction of sp³-hybridized carbons (Fsp3) is 0.105. The molecular formula is C19H16N4O2S. The van der Waals surface area contributed by atoms with Crippen molar-refractivity contribution in [2.24, 2.45) is 10.2 Å². The van der Waals surface area contributed by atoms with Gasteiger partial charge in [-0.1, -0.05) is 30.3 Å². The number of Topliss-reactive ketones (excluding diaryl/α,β-unsaturated/α-hetero) is 1. The first-order valence-corrected chi connectivity index (χ1v) is 8.66. The van der Waals surface area contributed by atoms with E-state index in [4.69, 9.17) is 5.73 Å². The monoisotopic (exact) mass is 364 g/mol. The third kappa shape index (κ3) is 3.57. The van der Waals surface area contributed by atoms with Gasteiger partial charge in [0.15, 0.2) is 11.8 Å². The molecule has 0 amide bonds. The fourth-order valence-electron chi connectivity index (χ4n) is 2.48. The van der Waals surface area contributed by atoms with Crippen molar-refractivity contribution in [3.63, 3.8) is 0 Å². The summed E-state index contributed by atoms with van der Waals surface area (Å²) in [5.74, 6) is -0.221.